The number of amides is 1. The number of carbonyl (C=O) groups is 1. The van der Waals surface area contributed by atoms with Crippen LogP contribution in [-0.4, -0.2) is 51.2 Å². The second kappa shape index (κ2) is 10.2. The quantitative estimate of drug-likeness (QED) is 0.548. The number of para-hydroxylation sites is 1. The van der Waals surface area contributed by atoms with Crippen LogP contribution in [0.3, 0.4) is 0 Å². The smallest absolute Gasteiger partial charge is 0.223 e. The summed E-state index contributed by atoms with van der Waals surface area (Å²) in [6.07, 6.45) is 11.1. The van der Waals surface area contributed by atoms with Crippen LogP contribution < -0.4 is 10.1 Å². The number of nitrogens with zero attached hydrogens (tertiary/aromatic N) is 3. The second-order valence-electron chi connectivity index (χ2n) is 9.27. The average molecular weight is 448 g/mol. The van der Waals surface area contributed by atoms with Gasteiger partial charge in [0.1, 0.15) is 17.7 Å². The van der Waals surface area contributed by atoms with Crippen LogP contribution in [0.1, 0.15) is 57.1 Å². The number of aromatic nitrogens is 3. The summed E-state index contributed by atoms with van der Waals surface area (Å²) >= 11 is 0. The lowest BCUT2D eigenvalue weighted by Gasteiger charge is -2.33. The number of nitrogens with one attached hydrogen (secondary N) is 2. The van der Waals surface area contributed by atoms with Crippen LogP contribution in [0.15, 0.2) is 42.6 Å². The van der Waals surface area contributed by atoms with E-state index in [0.29, 0.717) is 25.4 Å². The van der Waals surface area contributed by atoms with Gasteiger partial charge in [-0.3, -0.25) is 9.89 Å². The number of hydrogen-bond acceptors (Lipinski definition) is 5. The van der Waals surface area contributed by atoms with Gasteiger partial charge in [-0.15, -0.1) is 0 Å². The van der Waals surface area contributed by atoms with Gasteiger partial charge in [0.15, 0.2) is 0 Å². The molecule has 1 amide bonds. The Morgan fingerprint density at radius 1 is 1.09 bits per heavy atom. The molecule has 3 aromatic rings. The Bertz CT molecular complexity index is 1060. The fourth-order valence-corrected chi connectivity index (χ4v) is 5.10. The fourth-order valence-electron chi connectivity index (χ4n) is 5.10. The highest BCUT2D eigenvalue weighted by atomic mass is 16.5. The number of pyridine rings is 1. The molecule has 5 rings (SSSR count). The molecule has 174 valence electrons. The predicted molar refractivity (Wildman–Crippen MR) is 129 cm³/mol. The number of hydrogen-bond donors (Lipinski definition) is 2. The van der Waals surface area contributed by atoms with Crippen LogP contribution in [0.5, 0.6) is 5.75 Å². The standard InChI is InChI=1S/C26H33N5O2/c32-24(31-17-7-12-21(18-31)33-20-10-5-2-6-11-20)14-13-22-25-23(30-29-22)15-16-27-26(25)28-19-8-3-1-4-9-19/h2,5-6,10-11,15-16,19,21H,1,3-4,7-9,12-14,17-18H2,(H,27,28)(H,29,30). The molecule has 1 aromatic carbocycles. The number of piperidine rings is 1. The Morgan fingerprint density at radius 2 is 1.94 bits per heavy atom. The third-order valence-electron chi connectivity index (χ3n) is 6.85. The molecular weight excluding hydrogens is 414 g/mol. The molecule has 1 aliphatic carbocycles. The van der Waals surface area contributed by atoms with Gasteiger partial charge in [0, 0.05) is 30.9 Å². The van der Waals surface area contributed by atoms with E-state index in [1.807, 2.05) is 47.5 Å². The third kappa shape index (κ3) is 5.29. The number of carbonyl (C=O) groups excluding carboxylic acids is 1. The number of H-pyrrole nitrogens is 1. The van der Waals surface area contributed by atoms with E-state index < -0.39 is 0 Å². The van der Waals surface area contributed by atoms with Crippen LogP contribution in [0.4, 0.5) is 5.82 Å². The minimum atomic E-state index is 0.0496. The van der Waals surface area contributed by atoms with Crippen molar-refractivity contribution >= 4 is 22.6 Å². The first-order chi connectivity index (χ1) is 16.3. The number of aromatic amines is 1. The maximum absolute atomic E-state index is 13.0. The zero-order valence-corrected chi connectivity index (χ0v) is 19.1. The van der Waals surface area contributed by atoms with Crippen molar-refractivity contribution in [1.82, 2.24) is 20.1 Å². The summed E-state index contributed by atoms with van der Waals surface area (Å²) < 4.78 is 6.11. The number of anilines is 1. The molecule has 1 unspecified atom stereocenters. The normalized spacial score (nSPS) is 19.5. The number of aryl methyl sites for hydroxylation is 1. The predicted octanol–water partition coefficient (Wildman–Crippen LogP) is 4.71. The molecule has 1 atom stereocenters. The van der Waals surface area contributed by atoms with Gasteiger partial charge in [-0.05, 0) is 50.3 Å². The number of benzene rings is 1. The highest BCUT2D eigenvalue weighted by molar-refractivity contribution is 5.92. The van der Waals surface area contributed by atoms with Gasteiger partial charge in [0.25, 0.3) is 0 Å². The van der Waals surface area contributed by atoms with Gasteiger partial charge in [-0.25, -0.2) is 4.98 Å². The van der Waals surface area contributed by atoms with Crippen molar-refractivity contribution in [3.8, 4) is 5.75 Å². The zero-order valence-electron chi connectivity index (χ0n) is 19.1. The van der Waals surface area contributed by atoms with Crippen molar-refractivity contribution in [3.63, 3.8) is 0 Å². The molecule has 33 heavy (non-hydrogen) atoms. The Hall–Kier alpha value is -3.09. The summed E-state index contributed by atoms with van der Waals surface area (Å²) in [7, 11) is 0. The molecular formula is C26H33N5O2. The number of likely N-dealkylation sites (tertiary alicyclic amines) is 1. The minimum absolute atomic E-state index is 0.0496. The summed E-state index contributed by atoms with van der Waals surface area (Å²) in [5.41, 5.74) is 1.89. The third-order valence-corrected chi connectivity index (χ3v) is 6.85. The summed E-state index contributed by atoms with van der Waals surface area (Å²) in [5.74, 6) is 1.93. The first-order valence-corrected chi connectivity index (χ1v) is 12.3. The summed E-state index contributed by atoms with van der Waals surface area (Å²) in [4.78, 5) is 19.6. The molecule has 0 bridgehead atoms. The maximum Gasteiger partial charge on any atom is 0.223 e. The summed E-state index contributed by atoms with van der Waals surface area (Å²) in [5, 5.41) is 12.3. The van der Waals surface area contributed by atoms with E-state index in [9.17, 15) is 4.79 Å². The largest absolute Gasteiger partial charge is 0.489 e. The van der Waals surface area contributed by atoms with Crippen LogP contribution in [0, 0.1) is 0 Å². The van der Waals surface area contributed by atoms with Gasteiger partial charge in [0.2, 0.25) is 5.91 Å². The van der Waals surface area contributed by atoms with Gasteiger partial charge in [-0.2, -0.15) is 5.10 Å². The highest BCUT2D eigenvalue weighted by Crippen LogP contribution is 2.28. The molecule has 2 aliphatic rings. The Morgan fingerprint density at radius 3 is 2.79 bits per heavy atom. The molecule has 1 saturated heterocycles. The van der Waals surface area contributed by atoms with E-state index >= 15 is 0 Å². The second-order valence-corrected chi connectivity index (χ2v) is 9.27. The van der Waals surface area contributed by atoms with Gasteiger partial charge < -0.3 is 15.0 Å². The average Bonchev–Trinajstić information content (AvgIpc) is 3.28. The van der Waals surface area contributed by atoms with E-state index in [0.717, 1.165) is 47.6 Å². The van der Waals surface area contributed by atoms with E-state index in [1.165, 1.54) is 32.1 Å². The number of rotatable bonds is 7. The van der Waals surface area contributed by atoms with E-state index in [2.05, 4.69) is 20.5 Å². The summed E-state index contributed by atoms with van der Waals surface area (Å²) in [6.45, 7) is 1.45. The zero-order chi connectivity index (χ0) is 22.5. The molecule has 1 aliphatic heterocycles. The Balaban J connectivity index is 1.21. The molecule has 7 nitrogen and oxygen atoms in total. The lowest BCUT2D eigenvalue weighted by atomic mass is 9.95. The van der Waals surface area contributed by atoms with Gasteiger partial charge in [-0.1, -0.05) is 37.5 Å². The highest BCUT2D eigenvalue weighted by Gasteiger charge is 2.25. The van der Waals surface area contributed by atoms with Crippen molar-refractivity contribution < 1.29 is 9.53 Å². The first kappa shape index (κ1) is 21.7. The molecule has 3 heterocycles. The first-order valence-electron chi connectivity index (χ1n) is 12.3. The van der Waals surface area contributed by atoms with Crippen molar-refractivity contribution in [2.75, 3.05) is 18.4 Å². The molecule has 0 radical (unpaired) electrons. The van der Waals surface area contributed by atoms with E-state index in [-0.39, 0.29) is 12.0 Å². The van der Waals surface area contributed by atoms with E-state index in [1.54, 1.807) is 0 Å². The molecule has 2 N–H and O–H groups in total. The van der Waals surface area contributed by atoms with Crippen molar-refractivity contribution in [1.29, 1.82) is 0 Å². The Labute approximate surface area is 194 Å². The monoisotopic (exact) mass is 447 g/mol. The van der Waals surface area contributed by atoms with Crippen LogP contribution in [-0.2, 0) is 11.2 Å². The van der Waals surface area contributed by atoms with Gasteiger partial charge in [0.05, 0.1) is 17.4 Å². The summed E-state index contributed by atoms with van der Waals surface area (Å²) in [6, 6.07) is 12.3. The van der Waals surface area contributed by atoms with E-state index in [4.69, 9.17) is 4.74 Å². The fraction of sp³-hybridized carbons (Fsp3) is 0.500. The topological polar surface area (TPSA) is 83.1 Å². The van der Waals surface area contributed by atoms with Crippen molar-refractivity contribution in [2.24, 2.45) is 0 Å². The molecule has 2 fully saturated rings. The van der Waals surface area contributed by atoms with Gasteiger partial charge >= 0.3 is 0 Å². The van der Waals surface area contributed by atoms with Crippen LogP contribution in [0.2, 0.25) is 0 Å². The van der Waals surface area contributed by atoms with Crippen LogP contribution in [0.25, 0.3) is 10.9 Å². The minimum Gasteiger partial charge on any atom is -0.489 e. The molecule has 1 saturated carbocycles. The lowest BCUT2D eigenvalue weighted by molar-refractivity contribution is -0.133. The maximum atomic E-state index is 13.0. The Kier molecular flexibility index (Phi) is 6.74. The van der Waals surface area contributed by atoms with Crippen LogP contribution >= 0.6 is 0 Å². The molecule has 2 aromatic heterocycles. The number of ether oxygens (including phenoxy) is 1. The van der Waals surface area contributed by atoms with Crippen molar-refractivity contribution in [3.05, 3.63) is 48.3 Å². The number of fused-ring (bicyclic) bond motifs is 1. The SMILES string of the molecule is O=C(CCc1[nH]nc2ccnc(NC3CCCCC3)c12)N1CCCC(Oc2ccccc2)C1. The molecule has 0 spiro atoms. The molecule has 7 heteroatoms. The van der Waals surface area contributed by atoms with Crippen molar-refractivity contribution in [2.45, 2.75) is 69.9 Å². The lowest BCUT2D eigenvalue weighted by Crippen LogP contribution is -2.44.